The van der Waals surface area contributed by atoms with Crippen molar-refractivity contribution in [3.05, 3.63) is 82.6 Å². The Morgan fingerprint density at radius 3 is 2.80 bits per heavy atom. The highest BCUT2D eigenvalue weighted by atomic mass is 16.6. The van der Waals surface area contributed by atoms with Gasteiger partial charge in [0.1, 0.15) is 5.76 Å². The van der Waals surface area contributed by atoms with E-state index in [2.05, 4.69) is 26.0 Å². The molecule has 3 heterocycles. The van der Waals surface area contributed by atoms with E-state index in [1.54, 1.807) is 19.5 Å². The Kier molecular flexibility index (Phi) is 7.39. The van der Waals surface area contributed by atoms with Crippen LogP contribution in [0.15, 0.2) is 74.6 Å². The number of furan rings is 2. The molecule has 2 aromatic heterocycles. The van der Waals surface area contributed by atoms with Crippen molar-refractivity contribution in [3.63, 3.8) is 0 Å². The first-order chi connectivity index (χ1) is 14.4. The molecule has 5 heteroatoms. The zero-order chi connectivity index (χ0) is 21.5. The number of carbonyl (C=O) groups excluding carboxylic acids is 1. The summed E-state index contributed by atoms with van der Waals surface area (Å²) in [6.45, 7) is 5.81. The molecule has 3 rings (SSSR count). The number of rotatable bonds is 10. The van der Waals surface area contributed by atoms with E-state index >= 15 is 0 Å². The second-order valence-electron chi connectivity index (χ2n) is 8.08. The first kappa shape index (κ1) is 21.8. The van der Waals surface area contributed by atoms with Gasteiger partial charge < -0.3 is 18.7 Å². The zero-order valence-corrected chi connectivity index (χ0v) is 17.9. The Morgan fingerprint density at radius 1 is 1.27 bits per heavy atom. The molecule has 0 bridgehead atoms. The molecule has 160 valence electrons. The van der Waals surface area contributed by atoms with Gasteiger partial charge in [-0.25, -0.2) is 4.79 Å². The number of aliphatic hydroxyl groups is 1. The zero-order valence-electron chi connectivity index (χ0n) is 17.9. The van der Waals surface area contributed by atoms with Crippen LogP contribution in [0.25, 0.3) is 0 Å². The van der Waals surface area contributed by atoms with Crippen molar-refractivity contribution in [3.8, 4) is 0 Å². The normalized spacial score (nSPS) is 17.1. The van der Waals surface area contributed by atoms with Gasteiger partial charge in [0.15, 0.2) is 11.5 Å². The summed E-state index contributed by atoms with van der Waals surface area (Å²) in [6.07, 6.45) is 15.2. The van der Waals surface area contributed by atoms with Crippen LogP contribution in [0.3, 0.4) is 0 Å². The maximum Gasteiger partial charge on any atom is 0.343 e. The lowest BCUT2D eigenvalue weighted by Crippen LogP contribution is -1.97. The van der Waals surface area contributed by atoms with E-state index in [9.17, 15) is 9.90 Å². The Hall–Kier alpha value is -2.95. The molecular weight excluding hydrogens is 380 g/mol. The molecule has 0 unspecified atom stereocenters. The minimum absolute atomic E-state index is 0.0323. The molecule has 5 nitrogen and oxygen atoms in total. The molecule has 1 aliphatic heterocycles. The lowest BCUT2D eigenvalue weighted by Gasteiger charge is -2.08. The molecule has 0 radical (unpaired) electrons. The summed E-state index contributed by atoms with van der Waals surface area (Å²) in [4.78, 5) is 11.5. The highest BCUT2D eigenvalue weighted by Gasteiger charge is 2.26. The van der Waals surface area contributed by atoms with Crippen molar-refractivity contribution < 1.29 is 23.5 Å². The lowest BCUT2D eigenvalue weighted by atomic mass is 9.99. The van der Waals surface area contributed by atoms with Crippen molar-refractivity contribution in [2.45, 2.75) is 59.3 Å². The Bertz CT molecular complexity index is 940. The van der Waals surface area contributed by atoms with Crippen molar-refractivity contribution in [2.24, 2.45) is 5.92 Å². The quantitative estimate of drug-likeness (QED) is 0.361. The Morgan fingerprint density at radius 2 is 2.10 bits per heavy atom. The predicted octanol–water partition coefficient (Wildman–Crippen LogP) is 6.42. The van der Waals surface area contributed by atoms with Crippen LogP contribution in [0, 0.1) is 5.92 Å². The third kappa shape index (κ3) is 6.02. The second-order valence-corrected chi connectivity index (χ2v) is 8.08. The fraction of sp³-hybridized carbons (Fsp3) is 0.400. The van der Waals surface area contributed by atoms with E-state index in [0.717, 1.165) is 49.8 Å². The van der Waals surface area contributed by atoms with Crippen molar-refractivity contribution >= 4 is 5.97 Å². The van der Waals surface area contributed by atoms with E-state index in [4.69, 9.17) is 13.6 Å². The Labute approximate surface area is 177 Å². The van der Waals surface area contributed by atoms with E-state index in [1.807, 2.05) is 18.4 Å². The number of hydrogen-bond donors (Lipinski definition) is 1. The average Bonchev–Trinajstić information content (AvgIpc) is 3.43. The second kappa shape index (κ2) is 10.2. The summed E-state index contributed by atoms with van der Waals surface area (Å²) in [7, 11) is 0. The molecular formula is C25H30O5. The largest absolute Gasteiger partial charge is 0.504 e. The van der Waals surface area contributed by atoms with Gasteiger partial charge in [0.2, 0.25) is 0 Å². The van der Waals surface area contributed by atoms with Gasteiger partial charge in [-0.3, -0.25) is 0 Å². The standard InChI is InChI=1S/C25H30O5/c1-17(6-4-8-18(2)12-23-24(26)19(3)25(27)30-23)7-5-9-20-13-22(29-16-20)14-21-10-11-28-15-21/h7,10-13,15-16,18,26H,4-6,8-9,14H2,1-3H3/b17-7+,23-12+/t18-/m1/s1. The van der Waals surface area contributed by atoms with E-state index < -0.39 is 5.97 Å². The number of allylic oxidation sites excluding steroid dienone is 3. The monoisotopic (exact) mass is 410 g/mol. The number of ether oxygens (including phenoxy) is 1. The van der Waals surface area contributed by atoms with Gasteiger partial charge in [0.25, 0.3) is 0 Å². The maximum atomic E-state index is 11.5. The van der Waals surface area contributed by atoms with Gasteiger partial charge in [-0.2, -0.15) is 0 Å². The number of aryl methyl sites for hydroxylation is 1. The summed E-state index contributed by atoms with van der Waals surface area (Å²) < 4.78 is 15.8. The number of carbonyl (C=O) groups is 1. The first-order valence-corrected chi connectivity index (χ1v) is 10.5. The van der Waals surface area contributed by atoms with Crippen molar-refractivity contribution in [2.75, 3.05) is 0 Å². The van der Waals surface area contributed by atoms with Crippen LogP contribution in [-0.2, 0) is 22.4 Å². The summed E-state index contributed by atoms with van der Waals surface area (Å²) in [6, 6.07) is 4.07. The molecule has 2 aromatic rings. The molecule has 1 atom stereocenters. The van der Waals surface area contributed by atoms with Crippen LogP contribution >= 0.6 is 0 Å². The predicted molar refractivity (Wildman–Crippen MR) is 115 cm³/mol. The van der Waals surface area contributed by atoms with E-state index in [0.29, 0.717) is 5.76 Å². The molecule has 0 saturated carbocycles. The number of esters is 1. The fourth-order valence-corrected chi connectivity index (χ4v) is 3.50. The molecule has 0 spiro atoms. The third-order valence-corrected chi connectivity index (χ3v) is 5.36. The lowest BCUT2D eigenvalue weighted by molar-refractivity contribution is -0.133. The van der Waals surface area contributed by atoms with Crippen LogP contribution in [0.1, 0.15) is 63.3 Å². The minimum Gasteiger partial charge on any atom is -0.504 e. The molecule has 0 aliphatic carbocycles. The van der Waals surface area contributed by atoms with E-state index in [-0.39, 0.29) is 17.3 Å². The van der Waals surface area contributed by atoms with Gasteiger partial charge in [0, 0.05) is 6.42 Å². The number of cyclic esters (lactones) is 1. The highest BCUT2D eigenvalue weighted by Crippen LogP contribution is 2.26. The van der Waals surface area contributed by atoms with Crippen LogP contribution in [-0.4, -0.2) is 11.1 Å². The topological polar surface area (TPSA) is 72.8 Å². The van der Waals surface area contributed by atoms with Crippen LogP contribution in [0.5, 0.6) is 0 Å². The number of aliphatic hydroxyl groups excluding tert-OH is 1. The first-order valence-electron chi connectivity index (χ1n) is 10.5. The summed E-state index contributed by atoms with van der Waals surface area (Å²) in [5.41, 5.74) is 3.98. The third-order valence-electron chi connectivity index (χ3n) is 5.36. The van der Waals surface area contributed by atoms with Gasteiger partial charge in [0.05, 0.1) is 24.4 Å². The van der Waals surface area contributed by atoms with E-state index in [1.165, 1.54) is 11.1 Å². The van der Waals surface area contributed by atoms with Gasteiger partial charge in [-0.1, -0.05) is 18.6 Å². The van der Waals surface area contributed by atoms with Gasteiger partial charge in [-0.15, -0.1) is 0 Å². The van der Waals surface area contributed by atoms with Crippen molar-refractivity contribution in [1.29, 1.82) is 0 Å². The molecule has 0 saturated heterocycles. The number of hydrogen-bond acceptors (Lipinski definition) is 5. The fourth-order valence-electron chi connectivity index (χ4n) is 3.50. The minimum atomic E-state index is -0.462. The Balaban J connectivity index is 1.37. The summed E-state index contributed by atoms with van der Waals surface area (Å²) in [5, 5.41) is 9.89. The smallest absolute Gasteiger partial charge is 0.343 e. The maximum absolute atomic E-state index is 11.5. The van der Waals surface area contributed by atoms with Crippen molar-refractivity contribution in [1.82, 2.24) is 0 Å². The molecule has 1 N–H and O–H groups in total. The molecule has 0 fully saturated rings. The molecule has 30 heavy (non-hydrogen) atoms. The summed E-state index contributed by atoms with van der Waals surface area (Å²) in [5.74, 6) is 0.989. The summed E-state index contributed by atoms with van der Waals surface area (Å²) >= 11 is 0. The van der Waals surface area contributed by atoms with Crippen LogP contribution < -0.4 is 0 Å². The average molecular weight is 411 g/mol. The molecule has 0 aromatic carbocycles. The molecule has 0 amide bonds. The van der Waals surface area contributed by atoms with Crippen LogP contribution in [0.2, 0.25) is 0 Å². The van der Waals surface area contributed by atoms with Gasteiger partial charge >= 0.3 is 5.97 Å². The van der Waals surface area contributed by atoms with Crippen LogP contribution in [0.4, 0.5) is 0 Å². The SMILES string of the molecule is CC1=C(O)/C(=C\[C@H](C)CCC/C(C)=C/CCc2coc(Cc3ccoc3)c2)OC1=O. The molecule has 1 aliphatic rings. The van der Waals surface area contributed by atoms with Gasteiger partial charge in [-0.05, 0) is 81.2 Å². The highest BCUT2D eigenvalue weighted by molar-refractivity contribution is 5.93.